The minimum atomic E-state index is -0.937. The molecule has 0 spiro atoms. The second-order valence-electron chi connectivity index (χ2n) is 2.59. The summed E-state index contributed by atoms with van der Waals surface area (Å²) in [7, 11) is 2.96. The van der Waals surface area contributed by atoms with Gasteiger partial charge in [-0.05, 0) is 12.1 Å². The summed E-state index contributed by atoms with van der Waals surface area (Å²) in [5.74, 6) is 0.590. The fraction of sp³-hybridized carbons (Fsp3) is 0.333. The van der Waals surface area contributed by atoms with Crippen LogP contribution in [0, 0.1) is 0 Å². The highest BCUT2D eigenvalue weighted by atomic mass is 16.6. The van der Waals surface area contributed by atoms with Crippen LogP contribution in [0.3, 0.4) is 0 Å². The molecule has 1 atom stereocenters. The minimum absolute atomic E-state index is 0.483. The van der Waals surface area contributed by atoms with Gasteiger partial charge in [0.2, 0.25) is 0 Å². The Hall–Kier alpha value is -1.26. The summed E-state index contributed by atoms with van der Waals surface area (Å²) in [6.07, 6.45) is -0.937. The smallest absolute Gasteiger partial charge is 0.180 e. The quantitative estimate of drug-likeness (QED) is 0.540. The average molecular weight is 183 g/mol. The van der Waals surface area contributed by atoms with Crippen LogP contribution in [0.1, 0.15) is 11.9 Å². The van der Waals surface area contributed by atoms with Crippen LogP contribution in [0.2, 0.25) is 0 Å². The monoisotopic (exact) mass is 183 g/mol. The van der Waals surface area contributed by atoms with Gasteiger partial charge in [0.05, 0.1) is 12.8 Å². The summed E-state index contributed by atoms with van der Waals surface area (Å²) in [6.45, 7) is 0. The van der Waals surface area contributed by atoms with Gasteiger partial charge < -0.3 is 20.3 Å². The highest BCUT2D eigenvalue weighted by Crippen LogP contribution is 2.25. The first-order chi connectivity index (χ1) is 6.19. The summed E-state index contributed by atoms with van der Waals surface area (Å²) in [4.78, 5) is 0. The van der Waals surface area contributed by atoms with Crippen molar-refractivity contribution in [2.75, 3.05) is 20.0 Å². The highest BCUT2D eigenvalue weighted by molar-refractivity contribution is 5.54. The van der Waals surface area contributed by atoms with Crippen LogP contribution in [-0.2, 0) is 4.74 Å². The Morgan fingerprint density at radius 2 is 2.08 bits per heavy atom. The molecule has 13 heavy (non-hydrogen) atoms. The van der Waals surface area contributed by atoms with E-state index in [9.17, 15) is 5.11 Å². The van der Waals surface area contributed by atoms with E-state index >= 15 is 0 Å². The molecule has 0 heterocycles. The molecule has 4 nitrogen and oxygen atoms in total. The topological polar surface area (TPSA) is 64.7 Å². The largest absolute Gasteiger partial charge is 0.495 e. The summed E-state index contributed by atoms with van der Waals surface area (Å²) >= 11 is 0. The number of rotatable bonds is 3. The Kier molecular flexibility index (Phi) is 3.11. The molecule has 72 valence electrons. The summed E-state index contributed by atoms with van der Waals surface area (Å²) in [5.41, 5.74) is 6.73. The van der Waals surface area contributed by atoms with Crippen molar-refractivity contribution in [3.05, 3.63) is 23.8 Å². The number of aliphatic hydroxyl groups is 1. The number of anilines is 1. The van der Waals surface area contributed by atoms with E-state index in [2.05, 4.69) is 0 Å². The molecule has 1 rings (SSSR count). The highest BCUT2D eigenvalue weighted by Gasteiger charge is 2.07. The molecule has 0 aliphatic carbocycles. The molecule has 0 radical (unpaired) electrons. The van der Waals surface area contributed by atoms with Crippen molar-refractivity contribution in [2.45, 2.75) is 6.29 Å². The van der Waals surface area contributed by atoms with Gasteiger partial charge in [-0.3, -0.25) is 0 Å². The molecule has 1 aromatic rings. The predicted molar refractivity (Wildman–Crippen MR) is 49.4 cm³/mol. The van der Waals surface area contributed by atoms with Crippen LogP contribution in [-0.4, -0.2) is 19.3 Å². The molecular weight excluding hydrogens is 170 g/mol. The first-order valence-electron chi connectivity index (χ1n) is 3.83. The number of methoxy groups -OCH3 is 2. The van der Waals surface area contributed by atoms with Crippen LogP contribution in [0.4, 0.5) is 5.69 Å². The van der Waals surface area contributed by atoms with Gasteiger partial charge in [-0.25, -0.2) is 0 Å². The van der Waals surface area contributed by atoms with Crippen molar-refractivity contribution in [1.29, 1.82) is 0 Å². The number of aliphatic hydroxyl groups excluding tert-OH is 1. The van der Waals surface area contributed by atoms with E-state index in [1.54, 1.807) is 18.2 Å². The fourth-order valence-electron chi connectivity index (χ4n) is 1.04. The van der Waals surface area contributed by atoms with Gasteiger partial charge in [0, 0.05) is 12.7 Å². The van der Waals surface area contributed by atoms with Gasteiger partial charge in [-0.2, -0.15) is 0 Å². The fourth-order valence-corrected chi connectivity index (χ4v) is 1.04. The summed E-state index contributed by atoms with van der Waals surface area (Å²) in [5, 5.41) is 9.30. The Morgan fingerprint density at radius 3 is 2.54 bits per heavy atom. The zero-order valence-corrected chi connectivity index (χ0v) is 7.65. The lowest BCUT2D eigenvalue weighted by atomic mass is 10.2. The van der Waals surface area contributed by atoms with Crippen molar-refractivity contribution in [2.24, 2.45) is 0 Å². The number of hydrogen-bond acceptors (Lipinski definition) is 4. The molecule has 3 N–H and O–H groups in total. The molecule has 0 amide bonds. The number of nitrogen functional groups attached to an aromatic ring is 1. The predicted octanol–water partition coefficient (Wildman–Crippen LogP) is 0.915. The molecule has 4 heteroatoms. The molecule has 1 aromatic carbocycles. The van der Waals surface area contributed by atoms with Crippen molar-refractivity contribution in [3.8, 4) is 5.75 Å². The third kappa shape index (κ3) is 2.11. The maximum absolute atomic E-state index is 9.30. The normalized spacial score (nSPS) is 12.5. The lowest BCUT2D eigenvalue weighted by molar-refractivity contribution is -0.0769. The Morgan fingerprint density at radius 1 is 1.38 bits per heavy atom. The van der Waals surface area contributed by atoms with Crippen LogP contribution in [0.5, 0.6) is 5.75 Å². The molecule has 1 unspecified atom stereocenters. The Balaban J connectivity index is 2.95. The number of nitrogens with two attached hydrogens (primary N) is 1. The van der Waals surface area contributed by atoms with E-state index < -0.39 is 6.29 Å². The van der Waals surface area contributed by atoms with Crippen LogP contribution in [0.15, 0.2) is 18.2 Å². The zero-order valence-electron chi connectivity index (χ0n) is 7.65. The molecule has 0 aliphatic rings. The van der Waals surface area contributed by atoms with Gasteiger partial charge in [-0.1, -0.05) is 6.07 Å². The molecule has 0 saturated heterocycles. The van der Waals surface area contributed by atoms with Crippen LogP contribution >= 0.6 is 0 Å². The second-order valence-corrected chi connectivity index (χ2v) is 2.59. The summed E-state index contributed by atoms with van der Waals surface area (Å²) < 4.78 is 9.69. The molecule has 0 saturated carbocycles. The minimum Gasteiger partial charge on any atom is -0.495 e. The Bertz CT molecular complexity index is 288. The number of hydrogen-bond donors (Lipinski definition) is 2. The first-order valence-corrected chi connectivity index (χ1v) is 3.83. The molecule has 0 fully saturated rings. The summed E-state index contributed by atoms with van der Waals surface area (Å²) in [6, 6.07) is 5.00. The lowest BCUT2D eigenvalue weighted by Crippen LogP contribution is -2.01. The van der Waals surface area contributed by atoms with Crippen molar-refractivity contribution < 1.29 is 14.6 Å². The van der Waals surface area contributed by atoms with Gasteiger partial charge in [0.15, 0.2) is 6.29 Å². The molecule has 0 aliphatic heterocycles. The molecular formula is C9H13NO3. The van der Waals surface area contributed by atoms with Crippen molar-refractivity contribution in [1.82, 2.24) is 0 Å². The van der Waals surface area contributed by atoms with Gasteiger partial charge in [0.1, 0.15) is 5.75 Å². The Labute approximate surface area is 76.9 Å². The number of ether oxygens (including phenoxy) is 2. The van der Waals surface area contributed by atoms with Gasteiger partial charge >= 0.3 is 0 Å². The lowest BCUT2D eigenvalue weighted by Gasteiger charge is -2.10. The van der Waals surface area contributed by atoms with E-state index in [0.717, 1.165) is 0 Å². The third-order valence-corrected chi connectivity index (χ3v) is 1.76. The van der Waals surface area contributed by atoms with E-state index in [1.807, 2.05) is 0 Å². The first kappa shape index (κ1) is 9.83. The van der Waals surface area contributed by atoms with Gasteiger partial charge in [0.25, 0.3) is 0 Å². The van der Waals surface area contributed by atoms with E-state index in [1.165, 1.54) is 14.2 Å². The maximum atomic E-state index is 9.30. The third-order valence-electron chi connectivity index (χ3n) is 1.76. The second kappa shape index (κ2) is 4.11. The zero-order chi connectivity index (χ0) is 9.84. The van der Waals surface area contributed by atoms with E-state index in [4.69, 9.17) is 15.2 Å². The average Bonchev–Trinajstić information content (AvgIpc) is 2.16. The SMILES string of the molecule is COc1ccc(C(O)OC)cc1N. The van der Waals surface area contributed by atoms with Crippen molar-refractivity contribution >= 4 is 5.69 Å². The molecule has 0 aromatic heterocycles. The molecule has 0 bridgehead atoms. The van der Waals surface area contributed by atoms with Gasteiger partial charge in [-0.15, -0.1) is 0 Å². The maximum Gasteiger partial charge on any atom is 0.180 e. The van der Waals surface area contributed by atoms with Crippen LogP contribution < -0.4 is 10.5 Å². The van der Waals surface area contributed by atoms with Crippen LogP contribution in [0.25, 0.3) is 0 Å². The van der Waals surface area contributed by atoms with E-state index in [0.29, 0.717) is 17.0 Å². The standard InChI is InChI=1S/C9H13NO3/c1-12-8-4-3-6(5-7(8)10)9(11)13-2/h3-5,9,11H,10H2,1-2H3. The van der Waals surface area contributed by atoms with Crippen molar-refractivity contribution in [3.63, 3.8) is 0 Å². The van der Waals surface area contributed by atoms with E-state index in [-0.39, 0.29) is 0 Å². The number of benzene rings is 1.